The van der Waals surface area contributed by atoms with Crippen LogP contribution in [-0.4, -0.2) is 29.8 Å². The molecule has 4 nitrogen and oxygen atoms in total. The lowest BCUT2D eigenvalue weighted by Gasteiger charge is -2.11. The predicted molar refractivity (Wildman–Crippen MR) is 86.7 cm³/mol. The van der Waals surface area contributed by atoms with Gasteiger partial charge in [0.1, 0.15) is 5.75 Å². The molecule has 0 radical (unpaired) electrons. The summed E-state index contributed by atoms with van der Waals surface area (Å²) in [6.07, 6.45) is 1.82. The van der Waals surface area contributed by atoms with E-state index in [4.69, 9.17) is 4.74 Å². The highest BCUT2D eigenvalue weighted by atomic mass is 16.5. The van der Waals surface area contributed by atoms with Crippen LogP contribution in [0.3, 0.4) is 0 Å². The molecule has 1 heterocycles. The Morgan fingerprint density at radius 1 is 1.24 bits per heavy atom. The van der Waals surface area contributed by atoms with Gasteiger partial charge in [0, 0.05) is 19.2 Å². The van der Waals surface area contributed by atoms with E-state index < -0.39 is 0 Å². The lowest BCUT2D eigenvalue weighted by Crippen LogP contribution is -2.14. The zero-order valence-corrected chi connectivity index (χ0v) is 13.0. The Balaban J connectivity index is 2.23. The number of benzene rings is 1. The zero-order valence-electron chi connectivity index (χ0n) is 13.0. The number of ether oxygens (including phenoxy) is 1. The molecule has 0 saturated heterocycles. The SMILES string of the molecule is CCN(C)C=Nc1cc(C)c(Oc2ccccc2)nc1C. The fourth-order valence-electron chi connectivity index (χ4n) is 1.75. The largest absolute Gasteiger partial charge is 0.439 e. The lowest BCUT2D eigenvalue weighted by atomic mass is 10.2. The quantitative estimate of drug-likeness (QED) is 0.612. The highest BCUT2D eigenvalue weighted by molar-refractivity contribution is 5.63. The second-order valence-corrected chi connectivity index (χ2v) is 4.95. The number of aryl methyl sites for hydroxylation is 2. The topological polar surface area (TPSA) is 37.7 Å². The first-order valence-corrected chi connectivity index (χ1v) is 7.05. The van der Waals surface area contributed by atoms with Crippen LogP contribution in [0, 0.1) is 13.8 Å². The molecule has 1 aromatic carbocycles. The van der Waals surface area contributed by atoms with Crippen LogP contribution in [0.2, 0.25) is 0 Å². The Hall–Kier alpha value is -2.36. The first-order chi connectivity index (χ1) is 10.1. The molecule has 0 aliphatic rings. The second-order valence-electron chi connectivity index (χ2n) is 4.95. The van der Waals surface area contributed by atoms with Gasteiger partial charge in [0.05, 0.1) is 17.7 Å². The normalized spacial score (nSPS) is 10.9. The van der Waals surface area contributed by atoms with Gasteiger partial charge in [-0.2, -0.15) is 0 Å². The molecule has 4 heteroatoms. The number of para-hydroxylation sites is 1. The fourth-order valence-corrected chi connectivity index (χ4v) is 1.75. The van der Waals surface area contributed by atoms with E-state index in [1.165, 1.54) is 0 Å². The van der Waals surface area contributed by atoms with Gasteiger partial charge in [-0.3, -0.25) is 0 Å². The maximum absolute atomic E-state index is 5.82. The summed E-state index contributed by atoms with van der Waals surface area (Å²) in [6.45, 7) is 6.92. The molecule has 0 unspecified atom stereocenters. The molecule has 21 heavy (non-hydrogen) atoms. The van der Waals surface area contributed by atoms with Crippen molar-refractivity contribution in [2.45, 2.75) is 20.8 Å². The number of aliphatic imine (C=N–C) groups is 1. The third-order valence-corrected chi connectivity index (χ3v) is 3.18. The van der Waals surface area contributed by atoms with E-state index >= 15 is 0 Å². The summed E-state index contributed by atoms with van der Waals surface area (Å²) in [4.78, 5) is 11.0. The van der Waals surface area contributed by atoms with Crippen LogP contribution in [0.1, 0.15) is 18.2 Å². The van der Waals surface area contributed by atoms with Gasteiger partial charge in [0.2, 0.25) is 5.88 Å². The Morgan fingerprint density at radius 2 is 1.95 bits per heavy atom. The van der Waals surface area contributed by atoms with Crippen molar-refractivity contribution >= 4 is 12.0 Å². The molecule has 0 N–H and O–H groups in total. The molecule has 0 amide bonds. The highest BCUT2D eigenvalue weighted by Gasteiger charge is 2.07. The van der Waals surface area contributed by atoms with Crippen LogP contribution in [0.15, 0.2) is 41.4 Å². The van der Waals surface area contributed by atoms with E-state index in [2.05, 4.69) is 16.9 Å². The van der Waals surface area contributed by atoms with E-state index in [-0.39, 0.29) is 0 Å². The Kier molecular flexibility index (Phi) is 4.93. The number of hydrogen-bond acceptors (Lipinski definition) is 3. The van der Waals surface area contributed by atoms with Crippen molar-refractivity contribution in [2.24, 2.45) is 4.99 Å². The molecule has 0 spiro atoms. The molecule has 0 aliphatic heterocycles. The summed E-state index contributed by atoms with van der Waals surface area (Å²) in [5, 5.41) is 0. The Bertz CT molecular complexity index is 623. The molecule has 110 valence electrons. The minimum atomic E-state index is 0.626. The standard InChI is InChI=1S/C17H21N3O/c1-5-20(4)12-18-16-11-13(2)17(19-14(16)3)21-15-9-7-6-8-10-15/h6-12H,5H2,1-4H3. The van der Waals surface area contributed by atoms with Crippen LogP contribution < -0.4 is 4.74 Å². The van der Waals surface area contributed by atoms with Crippen molar-refractivity contribution in [1.82, 2.24) is 9.88 Å². The first-order valence-electron chi connectivity index (χ1n) is 7.05. The van der Waals surface area contributed by atoms with Crippen LogP contribution >= 0.6 is 0 Å². The maximum Gasteiger partial charge on any atom is 0.222 e. The summed E-state index contributed by atoms with van der Waals surface area (Å²) < 4.78 is 5.82. The van der Waals surface area contributed by atoms with Gasteiger partial charge in [-0.15, -0.1) is 0 Å². The molecule has 0 bridgehead atoms. The lowest BCUT2D eigenvalue weighted by molar-refractivity contribution is 0.458. The van der Waals surface area contributed by atoms with Gasteiger partial charge in [0.15, 0.2) is 0 Å². The number of nitrogens with zero attached hydrogens (tertiary/aromatic N) is 3. The highest BCUT2D eigenvalue weighted by Crippen LogP contribution is 2.28. The number of aromatic nitrogens is 1. The van der Waals surface area contributed by atoms with Gasteiger partial charge in [-0.1, -0.05) is 18.2 Å². The fraction of sp³-hybridized carbons (Fsp3) is 0.294. The molecular formula is C17H21N3O. The molecule has 0 saturated carbocycles. The van der Waals surface area contributed by atoms with E-state index in [1.807, 2.05) is 68.5 Å². The Morgan fingerprint density at radius 3 is 2.62 bits per heavy atom. The summed E-state index contributed by atoms with van der Waals surface area (Å²) in [5.74, 6) is 1.41. The average Bonchev–Trinajstić information content (AvgIpc) is 2.50. The monoisotopic (exact) mass is 283 g/mol. The van der Waals surface area contributed by atoms with Crippen LogP contribution in [0.5, 0.6) is 11.6 Å². The summed E-state index contributed by atoms with van der Waals surface area (Å²) in [7, 11) is 1.99. The van der Waals surface area contributed by atoms with Crippen molar-refractivity contribution < 1.29 is 4.74 Å². The van der Waals surface area contributed by atoms with Crippen molar-refractivity contribution in [3.05, 3.63) is 47.7 Å². The molecule has 2 rings (SSSR count). The predicted octanol–water partition coefficient (Wildman–Crippen LogP) is 4.10. The molecule has 0 fully saturated rings. The minimum absolute atomic E-state index is 0.626. The number of pyridine rings is 1. The minimum Gasteiger partial charge on any atom is -0.439 e. The molecule has 1 aromatic heterocycles. The molecule has 0 atom stereocenters. The summed E-state index contributed by atoms with van der Waals surface area (Å²) >= 11 is 0. The summed E-state index contributed by atoms with van der Waals surface area (Å²) in [6, 6.07) is 11.7. The van der Waals surface area contributed by atoms with Crippen LogP contribution in [0.4, 0.5) is 5.69 Å². The Labute approximate surface area is 126 Å². The van der Waals surface area contributed by atoms with Gasteiger partial charge in [-0.05, 0) is 39.0 Å². The van der Waals surface area contributed by atoms with E-state index in [1.54, 1.807) is 0 Å². The number of rotatable bonds is 5. The number of hydrogen-bond donors (Lipinski definition) is 0. The third-order valence-electron chi connectivity index (χ3n) is 3.18. The van der Waals surface area contributed by atoms with Crippen molar-refractivity contribution in [1.29, 1.82) is 0 Å². The smallest absolute Gasteiger partial charge is 0.222 e. The van der Waals surface area contributed by atoms with Gasteiger partial charge >= 0.3 is 0 Å². The second kappa shape index (κ2) is 6.88. The van der Waals surface area contributed by atoms with E-state index in [0.29, 0.717) is 5.88 Å². The van der Waals surface area contributed by atoms with Crippen LogP contribution in [-0.2, 0) is 0 Å². The molecular weight excluding hydrogens is 262 g/mol. The molecule has 2 aromatic rings. The molecule has 0 aliphatic carbocycles. The van der Waals surface area contributed by atoms with Gasteiger partial charge in [-0.25, -0.2) is 9.98 Å². The maximum atomic E-state index is 5.82. The average molecular weight is 283 g/mol. The third kappa shape index (κ3) is 4.05. The zero-order chi connectivity index (χ0) is 15.2. The van der Waals surface area contributed by atoms with Gasteiger partial charge in [0.25, 0.3) is 0 Å². The van der Waals surface area contributed by atoms with Crippen molar-refractivity contribution in [3.8, 4) is 11.6 Å². The summed E-state index contributed by atoms with van der Waals surface area (Å²) in [5.41, 5.74) is 2.69. The van der Waals surface area contributed by atoms with Crippen LogP contribution in [0.25, 0.3) is 0 Å². The first kappa shape index (κ1) is 15.0. The van der Waals surface area contributed by atoms with Crippen molar-refractivity contribution in [2.75, 3.05) is 13.6 Å². The van der Waals surface area contributed by atoms with Crippen molar-refractivity contribution in [3.63, 3.8) is 0 Å². The van der Waals surface area contributed by atoms with Gasteiger partial charge < -0.3 is 9.64 Å². The van der Waals surface area contributed by atoms with E-state index in [9.17, 15) is 0 Å². The van der Waals surface area contributed by atoms with E-state index in [0.717, 1.165) is 29.2 Å².